The maximum atomic E-state index is 11.5. The van der Waals surface area contributed by atoms with E-state index in [4.69, 9.17) is 15.0 Å². The van der Waals surface area contributed by atoms with Gasteiger partial charge in [0.15, 0.2) is 5.34 Å². The Kier molecular flexibility index (Phi) is 14.3. The number of hydrogen-bond donors (Lipinski definition) is 2. The summed E-state index contributed by atoms with van der Waals surface area (Å²) in [7, 11) is 0. The van der Waals surface area contributed by atoms with Gasteiger partial charge >= 0.3 is 5.97 Å². The van der Waals surface area contributed by atoms with E-state index < -0.39 is 0 Å². The molecular formula is C14H29N3O4. The number of rotatable bonds is 10. The maximum absolute atomic E-state index is 11.5. The zero-order valence-corrected chi connectivity index (χ0v) is 13.1. The van der Waals surface area contributed by atoms with Crippen LogP contribution < -0.4 is 5.32 Å². The van der Waals surface area contributed by atoms with E-state index in [1.54, 1.807) is 5.06 Å². The molecule has 7 nitrogen and oxygen atoms in total. The van der Waals surface area contributed by atoms with Crippen molar-refractivity contribution in [2.75, 3.05) is 19.8 Å². The fourth-order valence-electron chi connectivity index (χ4n) is 2.16. The molecule has 1 heterocycles. The molecule has 1 saturated heterocycles. The van der Waals surface area contributed by atoms with Crippen LogP contribution in [0.1, 0.15) is 64.7 Å². The van der Waals surface area contributed by atoms with Crippen molar-refractivity contribution < 1.29 is 14.8 Å². The number of nitrogens with zero attached hydrogens (tertiary/aromatic N) is 2. The van der Waals surface area contributed by atoms with Crippen LogP contribution in [0.15, 0.2) is 5.34 Å². The Morgan fingerprint density at radius 1 is 1.19 bits per heavy atom. The number of hydrogen-bond acceptors (Lipinski definition) is 6. The van der Waals surface area contributed by atoms with Crippen LogP contribution in [0.2, 0.25) is 0 Å². The number of unbranched alkanes of at least 4 members (excludes halogenated alkanes) is 7. The van der Waals surface area contributed by atoms with Gasteiger partial charge in [0.05, 0.1) is 6.67 Å². The summed E-state index contributed by atoms with van der Waals surface area (Å²) in [6.45, 7) is 4.62. The molecule has 0 aromatic carbocycles. The van der Waals surface area contributed by atoms with Crippen LogP contribution in [0.25, 0.3) is 0 Å². The smallest absolute Gasteiger partial charge is 0.325 e. The predicted octanol–water partition coefficient (Wildman–Crippen LogP) is 2.98. The van der Waals surface area contributed by atoms with Crippen molar-refractivity contribution in [2.24, 2.45) is 5.34 Å². The van der Waals surface area contributed by atoms with Gasteiger partial charge in [-0.25, -0.2) is 0 Å². The van der Waals surface area contributed by atoms with Crippen LogP contribution in [0.4, 0.5) is 0 Å². The average Bonchev–Trinajstić information content (AvgIpc) is 2.95. The van der Waals surface area contributed by atoms with E-state index in [1.165, 1.54) is 43.9 Å². The van der Waals surface area contributed by atoms with Crippen molar-refractivity contribution in [3.63, 3.8) is 0 Å². The summed E-state index contributed by atoms with van der Waals surface area (Å²) in [6, 6.07) is 0. The molecule has 0 aromatic heterocycles. The molecule has 21 heavy (non-hydrogen) atoms. The van der Waals surface area contributed by atoms with E-state index in [0.29, 0.717) is 13.1 Å². The quantitative estimate of drug-likeness (QED) is 0.366. The van der Waals surface area contributed by atoms with Gasteiger partial charge in [0.2, 0.25) is 0 Å². The van der Waals surface area contributed by atoms with E-state index >= 15 is 0 Å². The van der Waals surface area contributed by atoms with Crippen LogP contribution in [-0.2, 0) is 9.63 Å². The van der Waals surface area contributed by atoms with E-state index in [-0.39, 0.29) is 5.97 Å². The summed E-state index contributed by atoms with van der Waals surface area (Å²) in [5.74, 6) is -0.0790. The van der Waals surface area contributed by atoms with Crippen molar-refractivity contribution in [2.45, 2.75) is 64.7 Å². The largest absolute Gasteiger partial charge is 0.379 e. The third-order valence-electron chi connectivity index (χ3n) is 3.29. The van der Waals surface area contributed by atoms with Crippen LogP contribution in [0.3, 0.4) is 0 Å². The second-order valence-corrected chi connectivity index (χ2v) is 5.13. The van der Waals surface area contributed by atoms with E-state index in [2.05, 4.69) is 12.2 Å². The van der Waals surface area contributed by atoms with E-state index in [9.17, 15) is 4.79 Å². The SMILES string of the molecule is CCCCCCCCCCC(=O)ON1CCNC1.O=NO. The van der Waals surface area contributed by atoms with Crippen LogP contribution in [-0.4, -0.2) is 36.0 Å². The topological polar surface area (TPSA) is 91.2 Å². The standard InChI is InChI=1S/C14H28N2O2.HNO2/c1-2-3-4-5-6-7-8-9-10-14(17)18-16-12-11-15-13-16;2-1-3/h15H,2-13H2,1H3;(H,2,3). The highest BCUT2D eigenvalue weighted by Gasteiger charge is 2.15. The number of hydroxylamine groups is 2. The monoisotopic (exact) mass is 303 g/mol. The third-order valence-corrected chi connectivity index (χ3v) is 3.29. The molecule has 0 bridgehead atoms. The first kappa shape index (κ1) is 19.8. The minimum atomic E-state index is -0.0790. The van der Waals surface area contributed by atoms with Gasteiger partial charge in [-0.2, -0.15) is 0 Å². The molecule has 0 saturated carbocycles. The van der Waals surface area contributed by atoms with Gasteiger partial charge < -0.3 is 15.4 Å². The van der Waals surface area contributed by atoms with Gasteiger partial charge in [-0.05, 0) is 6.42 Å². The molecule has 0 atom stereocenters. The lowest BCUT2D eigenvalue weighted by molar-refractivity contribution is -0.185. The van der Waals surface area contributed by atoms with Crippen LogP contribution in [0.5, 0.6) is 0 Å². The minimum Gasteiger partial charge on any atom is -0.379 e. The van der Waals surface area contributed by atoms with Gasteiger partial charge in [0.25, 0.3) is 0 Å². The molecule has 0 radical (unpaired) electrons. The molecule has 1 aliphatic rings. The number of carbonyl (C=O) groups is 1. The molecule has 0 amide bonds. The first-order valence-electron chi connectivity index (χ1n) is 7.87. The summed E-state index contributed by atoms with van der Waals surface area (Å²) >= 11 is 0. The van der Waals surface area contributed by atoms with Crippen molar-refractivity contribution in [3.05, 3.63) is 4.91 Å². The maximum Gasteiger partial charge on any atom is 0.325 e. The van der Waals surface area contributed by atoms with Crippen LogP contribution in [0, 0.1) is 4.91 Å². The lowest BCUT2D eigenvalue weighted by Crippen LogP contribution is -2.25. The first-order valence-corrected chi connectivity index (χ1v) is 7.87. The van der Waals surface area contributed by atoms with Gasteiger partial charge in [-0.1, -0.05) is 51.9 Å². The summed E-state index contributed by atoms with van der Waals surface area (Å²) in [6.07, 6.45) is 10.6. The fourth-order valence-corrected chi connectivity index (χ4v) is 2.16. The van der Waals surface area contributed by atoms with Crippen molar-refractivity contribution >= 4 is 5.97 Å². The second-order valence-electron chi connectivity index (χ2n) is 5.13. The molecule has 0 unspecified atom stereocenters. The molecule has 2 N–H and O–H groups in total. The molecule has 7 heteroatoms. The van der Waals surface area contributed by atoms with Gasteiger partial charge in [0, 0.05) is 19.5 Å². The highest BCUT2D eigenvalue weighted by Crippen LogP contribution is 2.10. The lowest BCUT2D eigenvalue weighted by Gasteiger charge is -2.13. The normalized spacial score (nSPS) is 14.3. The molecule has 0 spiro atoms. The van der Waals surface area contributed by atoms with Crippen molar-refractivity contribution in [1.82, 2.24) is 10.4 Å². The van der Waals surface area contributed by atoms with Crippen molar-refractivity contribution in [3.8, 4) is 0 Å². The highest BCUT2D eigenvalue weighted by atomic mass is 16.7. The van der Waals surface area contributed by atoms with E-state index in [0.717, 1.165) is 25.9 Å². The van der Waals surface area contributed by atoms with Gasteiger partial charge in [-0.3, -0.25) is 4.79 Å². The summed E-state index contributed by atoms with van der Waals surface area (Å²) < 4.78 is 0. The summed E-state index contributed by atoms with van der Waals surface area (Å²) in [4.78, 5) is 24.8. The Labute approximate surface area is 126 Å². The zero-order chi connectivity index (χ0) is 15.8. The second kappa shape index (κ2) is 15.2. The molecule has 0 aromatic rings. The zero-order valence-electron chi connectivity index (χ0n) is 13.1. The molecular weight excluding hydrogens is 274 g/mol. The predicted molar refractivity (Wildman–Crippen MR) is 80.5 cm³/mol. The summed E-state index contributed by atoms with van der Waals surface area (Å²) in [5, 5.41) is 12.7. The Hall–Kier alpha value is -1.21. The third kappa shape index (κ3) is 13.5. The lowest BCUT2D eigenvalue weighted by atomic mass is 10.1. The fraction of sp³-hybridized carbons (Fsp3) is 0.929. The Bertz CT molecular complexity index is 259. The summed E-state index contributed by atoms with van der Waals surface area (Å²) in [5.41, 5.74) is 0. The molecule has 124 valence electrons. The average molecular weight is 303 g/mol. The van der Waals surface area contributed by atoms with Crippen molar-refractivity contribution in [1.29, 1.82) is 0 Å². The first-order chi connectivity index (χ1) is 10.2. The molecule has 0 aliphatic carbocycles. The Balaban J connectivity index is 0.00000122. The Morgan fingerprint density at radius 2 is 1.76 bits per heavy atom. The number of carbonyl (C=O) groups excluding carboxylic acids is 1. The minimum absolute atomic E-state index is 0.0790. The van der Waals surface area contributed by atoms with E-state index in [1.807, 2.05) is 0 Å². The molecule has 1 aliphatic heterocycles. The highest BCUT2D eigenvalue weighted by molar-refractivity contribution is 5.68. The molecule has 1 rings (SSSR count). The van der Waals surface area contributed by atoms with Crippen LogP contribution >= 0.6 is 0 Å². The van der Waals surface area contributed by atoms with Gasteiger partial charge in [-0.15, -0.1) is 9.97 Å². The molecule has 1 fully saturated rings. The Morgan fingerprint density at radius 3 is 2.29 bits per heavy atom. The number of nitrogens with one attached hydrogen (secondary N) is 1. The van der Waals surface area contributed by atoms with Gasteiger partial charge in [0.1, 0.15) is 0 Å².